The lowest BCUT2D eigenvalue weighted by atomic mass is 10.2. The highest BCUT2D eigenvalue weighted by Gasteiger charge is 2.12. The van der Waals surface area contributed by atoms with Crippen molar-refractivity contribution in [2.24, 2.45) is 0 Å². The molecule has 1 heterocycles. The fourth-order valence-corrected chi connectivity index (χ4v) is 1.67. The normalized spacial score (nSPS) is 11.9. The molecule has 5 heteroatoms. The lowest BCUT2D eigenvalue weighted by Crippen LogP contribution is -2.32. The summed E-state index contributed by atoms with van der Waals surface area (Å²) >= 11 is 0. The van der Waals surface area contributed by atoms with Crippen LogP contribution in [-0.2, 0) is 4.74 Å². The molecule has 0 aliphatic heterocycles. The molecule has 0 saturated heterocycles. The molecule has 0 aliphatic carbocycles. The van der Waals surface area contributed by atoms with Crippen LogP contribution in [0.1, 0.15) is 37.6 Å². The second-order valence-electron chi connectivity index (χ2n) is 4.32. The second kappa shape index (κ2) is 8.48. The zero-order valence-corrected chi connectivity index (χ0v) is 11.9. The molecule has 0 radical (unpaired) electrons. The molecule has 1 unspecified atom stereocenters. The summed E-state index contributed by atoms with van der Waals surface area (Å²) < 4.78 is 5.38. The van der Waals surface area contributed by atoms with Gasteiger partial charge < -0.3 is 15.4 Å². The highest BCUT2D eigenvalue weighted by atomic mass is 16.5. The number of ether oxygens (including phenoxy) is 1. The lowest BCUT2D eigenvalue weighted by Gasteiger charge is -2.14. The van der Waals surface area contributed by atoms with Crippen LogP contribution in [0, 0.1) is 0 Å². The van der Waals surface area contributed by atoms with Crippen LogP contribution in [0.25, 0.3) is 0 Å². The van der Waals surface area contributed by atoms with E-state index in [1.165, 1.54) is 0 Å². The Morgan fingerprint density at radius 1 is 1.47 bits per heavy atom. The SMILES string of the molecule is CCCNc1cnccc1C(=O)NCC(C)OCC. The summed E-state index contributed by atoms with van der Waals surface area (Å²) in [5.41, 5.74) is 1.39. The van der Waals surface area contributed by atoms with E-state index in [-0.39, 0.29) is 12.0 Å². The Kier molecular flexibility index (Phi) is 6.89. The van der Waals surface area contributed by atoms with Crippen molar-refractivity contribution >= 4 is 11.6 Å². The van der Waals surface area contributed by atoms with Crippen molar-refractivity contribution in [2.45, 2.75) is 33.3 Å². The van der Waals surface area contributed by atoms with Gasteiger partial charge in [-0.25, -0.2) is 0 Å². The summed E-state index contributed by atoms with van der Waals surface area (Å²) in [4.78, 5) is 16.1. The first-order chi connectivity index (χ1) is 9.19. The highest BCUT2D eigenvalue weighted by molar-refractivity contribution is 5.99. The molecule has 1 atom stereocenters. The molecule has 0 bridgehead atoms. The molecule has 1 aromatic heterocycles. The van der Waals surface area contributed by atoms with Gasteiger partial charge in [0.2, 0.25) is 0 Å². The van der Waals surface area contributed by atoms with Crippen molar-refractivity contribution < 1.29 is 9.53 Å². The molecule has 0 fully saturated rings. The number of anilines is 1. The number of amides is 1. The van der Waals surface area contributed by atoms with Crippen LogP contribution >= 0.6 is 0 Å². The molecule has 1 aromatic rings. The van der Waals surface area contributed by atoms with Crippen LogP contribution in [0.2, 0.25) is 0 Å². The predicted molar refractivity (Wildman–Crippen MR) is 76.4 cm³/mol. The van der Waals surface area contributed by atoms with Crippen molar-refractivity contribution in [1.82, 2.24) is 10.3 Å². The van der Waals surface area contributed by atoms with Gasteiger partial charge in [-0.05, 0) is 26.3 Å². The van der Waals surface area contributed by atoms with Gasteiger partial charge in [0.05, 0.1) is 23.6 Å². The minimum absolute atomic E-state index is 0.0165. The smallest absolute Gasteiger partial charge is 0.253 e. The summed E-state index contributed by atoms with van der Waals surface area (Å²) in [7, 11) is 0. The van der Waals surface area contributed by atoms with Gasteiger partial charge in [-0.1, -0.05) is 6.92 Å². The minimum atomic E-state index is -0.104. The van der Waals surface area contributed by atoms with Crippen LogP contribution in [0.4, 0.5) is 5.69 Å². The van der Waals surface area contributed by atoms with Crippen LogP contribution in [-0.4, -0.2) is 36.7 Å². The van der Waals surface area contributed by atoms with Crippen molar-refractivity contribution in [3.05, 3.63) is 24.0 Å². The van der Waals surface area contributed by atoms with Crippen molar-refractivity contribution in [2.75, 3.05) is 25.0 Å². The van der Waals surface area contributed by atoms with Crippen LogP contribution in [0.15, 0.2) is 18.5 Å². The first-order valence-electron chi connectivity index (χ1n) is 6.76. The van der Waals surface area contributed by atoms with Gasteiger partial charge in [0, 0.05) is 25.9 Å². The van der Waals surface area contributed by atoms with E-state index in [1.807, 2.05) is 13.8 Å². The number of hydrogen-bond acceptors (Lipinski definition) is 4. The summed E-state index contributed by atoms with van der Waals surface area (Å²) in [6, 6.07) is 1.72. The third kappa shape index (κ3) is 5.26. The van der Waals surface area contributed by atoms with Gasteiger partial charge >= 0.3 is 0 Å². The lowest BCUT2D eigenvalue weighted by molar-refractivity contribution is 0.0695. The van der Waals surface area contributed by atoms with E-state index < -0.39 is 0 Å². The molecule has 2 N–H and O–H groups in total. The van der Waals surface area contributed by atoms with Crippen LogP contribution < -0.4 is 10.6 Å². The molecule has 0 aromatic carbocycles. The third-order valence-corrected chi connectivity index (χ3v) is 2.63. The number of aromatic nitrogens is 1. The monoisotopic (exact) mass is 265 g/mol. The summed E-state index contributed by atoms with van der Waals surface area (Å²) in [5, 5.41) is 6.07. The van der Waals surface area contributed by atoms with E-state index in [4.69, 9.17) is 4.74 Å². The molecule has 5 nitrogen and oxygen atoms in total. The molecular weight excluding hydrogens is 242 g/mol. The fraction of sp³-hybridized carbons (Fsp3) is 0.571. The van der Waals surface area contributed by atoms with E-state index in [9.17, 15) is 4.79 Å². The zero-order valence-electron chi connectivity index (χ0n) is 11.9. The molecule has 0 spiro atoms. The van der Waals surface area contributed by atoms with Crippen LogP contribution in [0.5, 0.6) is 0 Å². The average molecular weight is 265 g/mol. The Balaban J connectivity index is 2.60. The Labute approximate surface area is 114 Å². The fourth-order valence-electron chi connectivity index (χ4n) is 1.67. The first kappa shape index (κ1) is 15.4. The van der Waals surface area contributed by atoms with Gasteiger partial charge in [0.25, 0.3) is 5.91 Å². The van der Waals surface area contributed by atoms with Gasteiger partial charge in [-0.15, -0.1) is 0 Å². The third-order valence-electron chi connectivity index (χ3n) is 2.63. The molecular formula is C14H23N3O2. The maximum Gasteiger partial charge on any atom is 0.253 e. The quantitative estimate of drug-likeness (QED) is 0.755. The highest BCUT2D eigenvalue weighted by Crippen LogP contribution is 2.13. The van der Waals surface area contributed by atoms with E-state index in [0.29, 0.717) is 18.7 Å². The number of carbonyl (C=O) groups is 1. The standard InChI is InChI=1S/C14H23N3O2/c1-4-7-16-13-10-15-8-6-12(13)14(18)17-9-11(3)19-5-2/h6,8,10-11,16H,4-5,7,9H2,1-3H3,(H,17,18). The number of nitrogens with one attached hydrogen (secondary N) is 2. The van der Waals surface area contributed by atoms with Crippen molar-refractivity contribution in [3.63, 3.8) is 0 Å². The van der Waals surface area contributed by atoms with E-state index in [0.717, 1.165) is 18.7 Å². The van der Waals surface area contributed by atoms with Crippen molar-refractivity contribution in [3.8, 4) is 0 Å². The molecule has 1 amide bonds. The Hall–Kier alpha value is -1.62. The molecule has 0 saturated carbocycles. The number of carbonyl (C=O) groups excluding carboxylic acids is 1. The zero-order chi connectivity index (χ0) is 14.1. The van der Waals surface area contributed by atoms with E-state index >= 15 is 0 Å². The molecule has 19 heavy (non-hydrogen) atoms. The van der Waals surface area contributed by atoms with Crippen molar-refractivity contribution in [1.29, 1.82) is 0 Å². The Bertz CT molecular complexity index is 396. The number of pyridine rings is 1. The topological polar surface area (TPSA) is 63.2 Å². The van der Waals surface area contributed by atoms with Gasteiger partial charge in [0.15, 0.2) is 0 Å². The summed E-state index contributed by atoms with van der Waals surface area (Å²) in [6.07, 6.45) is 4.31. The van der Waals surface area contributed by atoms with Gasteiger partial charge in [0.1, 0.15) is 0 Å². The maximum atomic E-state index is 12.1. The van der Waals surface area contributed by atoms with Gasteiger partial charge in [-0.2, -0.15) is 0 Å². The maximum absolute atomic E-state index is 12.1. The second-order valence-corrected chi connectivity index (χ2v) is 4.32. The number of hydrogen-bond donors (Lipinski definition) is 2. The first-order valence-corrected chi connectivity index (χ1v) is 6.76. The summed E-state index contributed by atoms with van der Waals surface area (Å²) in [6.45, 7) is 7.92. The molecule has 106 valence electrons. The average Bonchev–Trinajstić information content (AvgIpc) is 2.43. The van der Waals surface area contributed by atoms with E-state index in [1.54, 1.807) is 18.5 Å². The Morgan fingerprint density at radius 2 is 2.26 bits per heavy atom. The molecule has 0 aliphatic rings. The van der Waals surface area contributed by atoms with Crippen LogP contribution in [0.3, 0.4) is 0 Å². The predicted octanol–water partition coefficient (Wildman–Crippen LogP) is 2.06. The minimum Gasteiger partial charge on any atom is -0.383 e. The largest absolute Gasteiger partial charge is 0.383 e. The Morgan fingerprint density at radius 3 is 2.95 bits per heavy atom. The summed E-state index contributed by atoms with van der Waals surface area (Å²) in [5.74, 6) is -0.104. The van der Waals surface area contributed by atoms with Gasteiger partial charge in [-0.3, -0.25) is 9.78 Å². The number of nitrogens with zero attached hydrogens (tertiary/aromatic N) is 1. The molecule has 1 rings (SSSR count). The van der Waals surface area contributed by atoms with E-state index in [2.05, 4.69) is 22.5 Å². The number of rotatable bonds is 8.